The number of aromatic nitrogens is 3. The second kappa shape index (κ2) is 6.48. The maximum atomic E-state index is 12.9. The van der Waals surface area contributed by atoms with Crippen LogP contribution in [0.1, 0.15) is 22.5 Å². The predicted octanol–water partition coefficient (Wildman–Crippen LogP) is 5.01. The number of nitrogens with one attached hydrogen (secondary N) is 1. The third kappa shape index (κ3) is 2.81. The van der Waals surface area contributed by atoms with Crippen LogP contribution in [0.3, 0.4) is 0 Å². The molecule has 0 saturated carbocycles. The van der Waals surface area contributed by atoms with Gasteiger partial charge in [0.05, 0.1) is 10.5 Å². The highest BCUT2D eigenvalue weighted by Gasteiger charge is 2.21. The molecule has 1 aliphatic heterocycles. The van der Waals surface area contributed by atoms with Gasteiger partial charge in [0.1, 0.15) is 5.69 Å². The summed E-state index contributed by atoms with van der Waals surface area (Å²) in [6.45, 7) is 0.851. The lowest BCUT2D eigenvalue weighted by Crippen LogP contribution is -2.19. The normalized spacial score (nSPS) is 13.1. The largest absolute Gasteiger partial charge is 0.336 e. The standard InChI is InChI=1S/C20H15ClN4OS/c21-15-9-2-1-8-14(15)18-22-20(27-24-18)23-19(26)16-11-13-6-3-5-12-7-4-10-25(16)17(12)13/h1-3,5-6,8-9,11H,4,7,10H2,(H,22,23,24,26). The molecule has 5 nitrogen and oxygen atoms in total. The van der Waals surface area contributed by atoms with Crippen LogP contribution in [-0.4, -0.2) is 19.8 Å². The molecule has 1 aliphatic rings. The minimum Gasteiger partial charge on any atom is -0.336 e. The molecule has 0 spiro atoms. The fourth-order valence-corrected chi connectivity index (χ4v) is 4.44. The molecular formula is C20H15ClN4OS. The molecule has 0 fully saturated rings. The second-order valence-electron chi connectivity index (χ2n) is 6.50. The van der Waals surface area contributed by atoms with Crippen molar-refractivity contribution in [3.05, 3.63) is 64.8 Å². The average molecular weight is 395 g/mol. The molecule has 7 heteroatoms. The number of rotatable bonds is 3. The Morgan fingerprint density at radius 2 is 2.07 bits per heavy atom. The predicted molar refractivity (Wildman–Crippen MR) is 109 cm³/mol. The monoisotopic (exact) mass is 394 g/mol. The Morgan fingerprint density at radius 1 is 1.19 bits per heavy atom. The van der Waals surface area contributed by atoms with E-state index in [-0.39, 0.29) is 5.91 Å². The summed E-state index contributed by atoms with van der Waals surface area (Å²) in [4.78, 5) is 17.3. The van der Waals surface area contributed by atoms with E-state index in [9.17, 15) is 4.79 Å². The van der Waals surface area contributed by atoms with Gasteiger partial charge in [-0.2, -0.15) is 9.36 Å². The van der Waals surface area contributed by atoms with Gasteiger partial charge in [-0.05, 0) is 36.6 Å². The van der Waals surface area contributed by atoms with Gasteiger partial charge in [0.25, 0.3) is 5.91 Å². The molecule has 0 atom stereocenters. The Balaban J connectivity index is 1.46. The smallest absolute Gasteiger partial charge is 0.274 e. The Kier molecular flexibility index (Phi) is 3.95. The van der Waals surface area contributed by atoms with Crippen LogP contribution in [0.25, 0.3) is 22.3 Å². The molecule has 2 aromatic carbocycles. The molecular weight excluding hydrogens is 380 g/mol. The summed E-state index contributed by atoms with van der Waals surface area (Å²) in [5.74, 6) is 0.353. The fraction of sp³-hybridized carbons (Fsp3) is 0.150. The molecule has 27 heavy (non-hydrogen) atoms. The Morgan fingerprint density at radius 3 is 2.96 bits per heavy atom. The Hall–Kier alpha value is -2.70. The molecule has 0 saturated heterocycles. The molecule has 4 aromatic rings. The highest BCUT2D eigenvalue weighted by Crippen LogP contribution is 2.30. The van der Waals surface area contributed by atoms with Gasteiger partial charge in [0, 0.05) is 29.0 Å². The zero-order chi connectivity index (χ0) is 18.4. The van der Waals surface area contributed by atoms with Gasteiger partial charge in [-0.25, -0.2) is 0 Å². The summed E-state index contributed by atoms with van der Waals surface area (Å²) in [5.41, 5.74) is 3.88. The van der Waals surface area contributed by atoms with Crippen molar-refractivity contribution in [2.24, 2.45) is 0 Å². The summed E-state index contributed by atoms with van der Waals surface area (Å²) >= 11 is 7.36. The summed E-state index contributed by atoms with van der Waals surface area (Å²) in [6, 6.07) is 15.6. The third-order valence-corrected chi connectivity index (χ3v) is 5.79. The third-order valence-electron chi connectivity index (χ3n) is 4.83. The first-order chi connectivity index (χ1) is 13.2. The summed E-state index contributed by atoms with van der Waals surface area (Å²) in [6.07, 6.45) is 2.09. The molecule has 3 heterocycles. The van der Waals surface area contributed by atoms with Gasteiger partial charge < -0.3 is 4.57 Å². The first-order valence-electron chi connectivity index (χ1n) is 8.72. The lowest BCUT2D eigenvalue weighted by atomic mass is 10.0. The zero-order valence-corrected chi connectivity index (χ0v) is 15.8. The maximum absolute atomic E-state index is 12.9. The lowest BCUT2D eigenvalue weighted by molar-refractivity contribution is 0.101. The SMILES string of the molecule is O=C(Nc1nc(-c2ccccc2Cl)ns1)c1cc2cccc3c2n1CCC3. The Labute approximate surface area is 164 Å². The van der Waals surface area contributed by atoms with Crippen LogP contribution < -0.4 is 5.32 Å². The molecule has 134 valence electrons. The number of anilines is 1. The number of benzene rings is 2. The number of hydrogen-bond donors (Lipinski definition) is 1. The molecule has 0 radical (unpaired) electrons. The van der Waals surface area contributed by atoms with Gasteiger partial charge in [-0.15, -0.1) is 0 Å². The lowest BCUT2D eigenvalue weighted by Gasteiger charge is -2.17. The molecule has 0 bridgehead atoms. The highest BCUT2D eigenvalue weighted by molar-refractivity contribution is 7.10. The van der Waals surface area contributed by atoms with E-state index in [1.54, 1.807) is 6.07 Å². The van der Waals surface area contributed by atoms with E-state index in [4.69, 9.17) is 11.6 Å². The zero-order valence-electron chi connectivity index (χ0n) is 14.3. The van der Waals surface area contributed by atoms with Crippen LogP contribution in [-0.2, 0) is 13.0 Å². The number of aryl methyl sites for hydroxylation is 2. The van der Waals surface area contributed by atoms with E-state index in [1.165, 1.54) is 11.1 Å². The van der Waals surface area contributed by atoms with Crippen molar-refractivity contribution in [2.45, 2.75) is 19.4 Å². The molecule has 1 amide bonds. The van der Waals surface area contributed by atoms with Crippen molar-refractivity contribution in [1.82, 2.24) is 13.9 Å². The van der Waals surface area contributed by atoms with Gasteiger partial charge in [-0.3, -0.25) is 10.1 Å². The van der Waals surface area contributed by atoms with Crippen LogP contribution in [0.2, 0.25) is 5.02 Å². The molecule has 0 unspecified atom stereocenters. The highest BCUT2D eigenvalue weighted by atomic mass is 35.5. The van der Waals surface area contributed by atoms with E-state index in [0.717, 1.165) is 41.9 Å². The van der Waals surface area contributed by atoms with E-state index in [1.807, 2.05) is 24.3 Å². The van der Waals surface area contributed by atoms with Crippen LogP contribution in [0.15, 0.2) is 48.5 Å². The first kappa shape index (κ1) is 16.5. The quantitative estimate of drug-likeness (QED) is 0.531. The molecule has 2 aromatic heterocycles. The van der Waals surface area contributed by atoms with Gasteiger partial charge in [0.15, 0.2) is 5.82 Å². The van der Waals surface area contributed by atoms with Gasteiger partial charge >= 0.3 is 0 Å². The number of carbonyl (C=O) groups is 1. The van der Waals surface area contributed by atoms with E-state index < -0.39 is 0 Å². The molecule has 0 aliphatic carbocycles. The number of halogens is 1. The number of amides is 1. The Bertz CT molecular complexity index is 1180. The maximum Gasteiger partial charge on any atom is 0.274 e. The molecule has 1 N–H and O–H groups in total. The average Bonchev–Trinajstić information content (AvgIpc) is 3.29. The van der Waals surface area contributed by atoms with Crippen molar-refractivity contribution in [3.8, 4) is 11.4 Å². The van der Waals surface area contributed by atoms with Crippen molar-refractivity contribution >= 4 is 45.1 Å². The van der Waals surface area contributed by atoms with Crippen LogP contribution in [0.5, 0.6) is 0 Å². The fourth-order valence-electron chi connectivity index (χ4n) is 3.64. The molecule has 5 rings (SSSR count). The minimum absolute atomic E-state index is 0.166. The van der Waals surface area contributed by atoms with Crippen molar-refractivity contribution < 1.29 is 4.79 Å². The van der Waals surface area contributed by atoms with E-state index in [0.29, 0.717) is 21.7 Å². The van der Waals surface area contributed by atoms with Gasteiger partial charge in [0.2, 0.25) is 5.13 Å². The summed E-state index contributed by atoms with van der Waals surface area (Å²) < 4.78 is 6.44. The van der Waals surface area contributed by atoms with E-state index >= 15 is 0 Å². The van der Waals surface area contributed by atoms with Crippen molar-refractivity contribution in [2.75, 3.05) is 5.32 Å². The van der Waals surface area contributed by atoms with Crippen LogP contribution in [0, 0.1) is 0 Å². The number of hydrogen-bond acceptors (Lipinski definition) is 4. The summed E-state index contributed by atoms with van der Waals surface area (Å²) in [5, 5.41) is 5.04. The minimum atomic E-state index is -0.166. The van der Waals surface area contributed by atoms with Gasteiger partial charge in [-0.1, -0.05) is 41.9 Å². The van der Waals surface area contributed by atoms with Crippen LogP contribution >= 0.6 is 23.1 Å². The number of carbonyl (C=O) groups excluding carboxylic acids is 1. The number of nitrogens with zero attached hydrogens (tertiary/aromatic N) is 3. The van der Waals surface area contributed by atoms with Crippen molar-refractivity contribution in [3.63, 3.8) is 0 Å². The first-order valence-corrected chi connectivity index (χ1v) is 9.87. The summed E-state index contributed by atoms with van der Waals surface area (Å²) in [7, 11) is 0. The topological polar surface area (TPSA) is 59.8 Å². The van der Waals surface area contributed by atoms with Crippen molar-refractivity contribution in [1.29, 1.82) is 0 Å². The second-order valence-corrected chi connectivity index (χ2v) is 7.66. The van der Waals surface area contributed by atoms with Crippen LogP contribution in [0.4, 0.5) is 5.13 Å². The van der Waals surface area contributed by atoms with E-state index in [2.05, 4.69) is 37.4 Å². The number of para-hydroxylation sites is 1.